The van der Waals surface area contributed by atoms with Crippen LogP contribution in [0.4, 0.5) is 5.69 Å². The van der Waals surface area contributed by atoms with E-state index in [4.69, 9.17) is 5.73 Å². The molecule has 0 aliphatic heterocycles. The van der Waals surface area contributed by atoms with Crippen LogP contribution in [-0.4, -0.2) is 21.6 Å². The molecule has 3 rings (SSSR count). The summed E-state index contributed by atoms with van der Waals surface area (Å²) in [4.78, 5) is 11.6. The molecule has 0 aromatic carbocycles. The van der Waals surface area contributed by atoms with E-state index in [1.807, 2.05) is 18.3 Å². The van der Waals surface area contributed by atoms with Gasteiger partial charge in [-0.2, -0.15) is 5.10 Å². The Morgan fingerprint density at radius 1 is 1.53 bits per heavy atom. The normalized spacial score (nSPS) is 22.8. The van der Waals surface area contributed by atoms with Gasteiger partial charge in [0.15, 0.2) is 0 Å². The highest BCUT2D eigenvalue weighted by molar-refractivity contribution is 6.01. The highest BCUT2D eigenvalue weighted by Crippen LogP contribution is 2.31. The number of aromatic nitrogens is 2. The largest absolute Gasteiger partial charge is 0.380 e. The highest BCUT2D eigenvalue weighted by atomic mass is 16.1. The third-order valence-electron chi connectivity index (χ3n) is 4.02. The monoisotopic (exact) mass is 258 g/mol. The predicted molar refractivity (Wildman–Crippen MR) is 74.1 cm³/mol. The van der Waals surface area contributed by atoms with Crippen molar-refractivity contribution in [3.8, 4) is 0 Å². The van der Waals surface area contributed by atoms with Crippen LogP contribution in [0, 0.1) is 5.92 Å². The quantitative estimate of drug-likeness (QED) is 0.884. The van der Waals surface area contributed by atoms with E-state index in [0.717, 1.165) is 17.6 Å². The summed E-state index contributed by atoms with van der Waals surface area (Å²) in [5, 5.41) is 7.70. The average Bonchev–Trinajstić information content (AvgIpc) is 2.99. The van der Waals surface area contributed by atoms with E-state index in [9.17, 15) is 4.79 Å². The lowest BCUT2D eigenvalue weighted by atomic mass is 10.1. The molecule has 1 aliphatic carbocycles. The summed E-state index contributed by atoms with van der Waals surface area (Å²) >= 11 is 0. The Bertz CT molecular complexity index is 619. The Kier molecular flexibility index (Phi) is 2.89. The summed E-state index contributed by atoms with van der Waals surface area (Å²) in [5.74, 6) is 0.174. The maximum absolute atomic E-state index is 11.6. The molecule has 0 unspecified atom stereocenters. The third-order valence-corrected chi connectivity index (χ3v) is 4.02. The zero-order chi connectivity index (χ0) is 13.4. The van der Waals surface area contributed by atoms with E-state index in [1.165, 1.54) is 19.0 Å². The second kappa shape index (κ2) is 4.57. The molecule has 0 bridgehead atoms. The van der Waals surface area contributed by atoms with Gasteiger partial charge in [-0.1, -0.05) is 13.3 Å². The molecular formula is C14H18N4O. The first kappa shape index (κ1) is 12.0. The van der Waals surface area contributed by atoms with Crippen molar-refractivity contribution < 1.29 is 4.79 Å². The van der Waals surface area contributed by atoms with Gasteiger partial charge in [0.1, 0.15) is 0 Å². The van der Waals surface area contributed by atoms with Gasteiger partial charge in [0.2, 0.25) is 0 Å². The third kappa shape index (κ3) is 2.05. The van der Waals surface area contributed by atoms with Crippen molar-refractivity contribution in [2.75, 3.05) is 5.32 Å². The lowest BCUT2D eigenvalue weighted by Crippen LogP contribution is -2.25. The summed E-state index contributed by atoms with van der Waals surface area (Å²) in [7, 11) is 0. The Balaban J connectivity index is 2.05. The maximum atomic E-state index is 11.6. The topological polar surface area (TPSA) is 72.4 Å². The van der Waals surface area contributed by atoms with Crippen LogP contribution in [0.5, 0.6) is 0 Å². The Hall–Kier alpha value is -2.04. The van der Waals surface area contributed by atoms with Crippen LogP contribution in [0.1, 0.15) is 36.5 Å². The van der Waals surface area contributed by atoms with Gasteiger partial charge in [-0.15, -0.1) is 0 Å². The number of nitrogens with two attached hydrogens (primary N) is 1. The minimum Gasteiger partial charge on any atom is -0.380 e. The van der Waals surface area contributed by atoms with Gasteiger partial charge in [0.05, 0.1) is 23.0 Å². The van der Waals surface area contributed by atoms with Gasteiger partial charge in [-0.25, -0.2) is 4.52 Å². The molecule has 2 aromatic heterocycles. The Labute approximate surface area is 111 Å². The standard InChI is InChI=1S/C14H18N4O/c1-9-4-2-5-11(9)17-13-10(14(15)19)8-16-18-7-3-6-12(13)18/h3,6-9,11,17H,2,4-5H2,1H3,(H2,15,19)/t9-,11+/m0/s1. The number of anilines is 1. The van der Waals surface area contributed by atoms with Gasteiger partial charge < -0.3 is 11.1 Å². The van der Waals surface area contributed by atoms with Gasteiger partial charge >= 0.3 is 0 Å². The van der Waals surface area contributed by atoms with Crippen LogP contribution in [0.3, 0.4) is 0 Å². The van der Waals surface area contributed by atoms with Crippen LogP contribution in [0.25, 0.3) is 5.52 Å². The summed E-state index contributed by atoms with van der Waals surface area (Å²) in [6.45, 7) is 2.24. The molecule has 2 atom stereocenters. The summed E-state index contributed by atoms with van der Waals surface area (Å²) in [6.07, 6.45) is 6.99. The number of nitrogens with zero attached hydrogens (tertiary/aromatic N) is 2. The van der Waals surface area contributed by atoms with Gasteiger partial charge in [-0.05, 0) is 30.9 Å². The van der Waals surface area contributed by atoms with Crippen molar-refractivity contribution in [2.45, 2.75) is 32.2 Å². The van der Waals surface area contributed by atoms with Crippen molar-refractivity contribution in [1.82, 2.24) is 9.61 Å². The van der Waals surface area contributed by atoms with Crippen molar-refractivity contribution in [2.24, 2.45) is 11.7 Å². The molecule has 1 amide bonds. The fraction of sp³-hybridized carbons (Fsp3) is 0.429. The fourth-order valence-electron chi connectivity index (χ4n) is 2.88. The number of carbonyl (C=O) groups excluding carboxylic acids is 1. The fourth-order valence-corrected chi connectivity index (χ4v) is 2.88. The molecule has 0 radical (unpaired) electrons. The molecule has 5 nitrogen and oxygen atoms in total. The molecule has 1 fully saturated rings. The number of amides is 1. The lowest BCUT2D eigenvalue weighted by molar-refractivity contribution is 0.100. The van der Waals surface area contributed by atoms with Crippen molar-refractivity contribution >= 4 is 17.1 Å². The first-order valence-electron chi connectivity index (χ1n) is 6.69. The number of nitrogens with one attached hydrogen (secondary N) is 1. The zero-order valence-electron chi connectivity index (χ0n) is 11.0. The molecule has 19 heavy (non-hydrogen) atoms. The second-order valence-electron chi connectivity index (χ2n) is 5.29. The van der Waals surface area contributed by atoms with Crippen molar-refractivity contribution in [1.29, 1.82) is 0 Å². The van der Waals surface area contributed by atoms with Crippen LogP contribution >= 0.6 is 0 Å². The molecule has 2 heterocycles. The molecule has 2 aromatic rings. The molecule has 0 saturated heterocycles. The van der Waals surface area contributed by atoms with Crippen LogP contribution in [-0.2, 0) is 0 Å². The van der Waals surface area contributed by atoms with Crippen LogP contribution < -0.4 is 11.1 Å². The summed E-state index contributed by atoms with van der Waals surface area (Å²) in [6, 6.07) is 4.26. The summed E-state index contributed by atoms with van der Waals surface area (Å²) < 4.78 is 1.76. The Morgan fingerprint density at radius 3 is 3.05 bits per heavy atom. The highest BCUT2D eigenvalue weighted by Gasteiger charge is 2.25. The lowest BCUT2D eigenvalue weighted by Gasteiger charge is -2.20. The molecule has 1 saturated carbocycles. The minimum absolute atomic E-state index is 0.402. The van der Waals surface area contributed by atoms with Gasteiger partial charge in [-0.3, -0.25) is 4.79 Å². The molecule has 100 valence electrons. The van der Waals surface area contributed by atoms with Crippen LogP contribution in [0.15, 0.2) is 24.5 Å². The maximum Gasteiger partial charge on any atom is 0.252 e. The SMILES string of the molecule is C[C@H]1CCC[C@H]1Nc1c(C(N)=O)cnn2cccc12. The molecule has 0 spiro atoms. The Morgan fingerprint density at radius 2 is 2.37 bits per heavy atom. The van der Waals surface area contributed by atoms with Gasteiger partial charge in [0, 0.05) is 12.2 Å². The smallest absolute Gasteiger partial charge is 0.252 e. The number of primary amides is 1. The zero-order valence-corrected chi connectivity index (χ0v) is 11.0. The number of hydrogen-bond acceptors (Lipinski definition) is 3. The van der Waals surface area contributed by atoms with Crippen molar-refractivity contribution in [3.05, 3.63) is 30.1 Å². The summed E-state index contributed by atoms with van der Waals surface area (Å²) in [5.41, 5.74) is 7.63. The van der Waals surface area contributed by atoms with Crippen molar-refractivity contribution in [3.63, 3.8) is 0 Å². The van der Waals surface area contributed by atoms with E-state index in [2.05, 4.69) is 17.3 Å². The minimum atomic E-state index is -0.440. The molecule has 5 heteroatoms. The van der Waals surface area contributed by atoms with E-state index >= 15 is 0 Å². The van der Waals surface area contributed by atoms with E-state index in [1.54, 1.807) is 4.52 Å². The number of fused-ring (bicyclic) bond motifs is 1. The molecule has 1 aliphatic rings. The van der Waals surface area contributed by atoms with E-state index in [0.29, 0.717) is 17.5 Å². The average molecular weight is 258 g/mol. The second-order valence-corrected chi connectivity index (χ2v) is 5.29. The van der Waals surface area contributed by atoms with Gasteiger partial charge in [0.25, 0.3) is 5.91 Å². The van der Waals surface area contributed by atoms with E-state index in [-0.39, 0.29) is 0 Å². The first-order chi connectivity index (χ1) is 9.16. The van der Waals surface area contributed by atoms with Crippen LogP contribution in [0.2, 0.25) is 0 Å². The first-order valence-corrected chi connectivity index (χ1v) is 6.69. The van der Waals surface area contributed by atoms with E-state index < -0.39 is 5.91 Å². The number of carbonyl (C=O) groups is 1. The molecular weight excluding hydrogens is 240 g/mol. The number of hydrogen-bond donors (Lipinski definition) is 2. The predicted octanol–water partition coefficient (Wildman–Crippen LogP) is 2.03. The number of rotatable bonds is 3. The molecule has 3 N–H and O–H groups in total.